The minimum Gasteiger partial charge on any atom is -0.487 e. The maximum atomic E-state index is 10.9. The van der Waals surface area contributed by atoms with Gasteiger partial charge in [0, 0.05) is 17.2 Å². The standard InChI is InChI=1S/C14H18ClNO5/c1-14(2,13(17)18)7-3-4-8-21-12-9-10(15)5-6-11(12)16(19)20/h5-6,9H,3-4,7-8H2,1-2H3,(H,17,18). The van der Waals surface area contributed by atoms with Gasteiger partial charge in [0.1, 0.15) is 0 Å². The predicted octanol–water partition coefficient (Wildman–Crippen LogP) is 3.91. The molecular formula is C14H18ClNO5. The van der Waals surface area contributed by atoms with Gasteiger partial charge in [0.25, 0.3) is 0 Å². The molecule has 0 aromatic heterocycles. The summed E-state index contributed by atoms with van der Waals surface area (Å²) in [5, 5.41) is 20.2. The molecule has 1 rings (SSSR count). The second-order valence-corrected chi connectivity index (χ2v) is 5.80. The molecule has 0 aliphatic heterocycles. The van der Waals surface area contributed by atoms with Gasteiger partial charge in [-0.3, -0.25) is 14.9 Å². The number of nitrogens with zero attached hydrogens (tertiary/aromatic N) is 1. The van der Waals surface area contributed by atoms with E-state index in [4.69, 9.17) is 21.4 Å². The topological polar surface area (TPSA) is 89.7 Å². The van der Waals surface area contributed by atoms with Crippen molar-refractivity contribution in [3.63, 3.8) is 0 Å². The molecule has 1 aromatic carbocycles. The Hall–Kier alpha value is -1.82. The molecule has 7 heteroatoms. The molecule has 0 fully saturated rings. The number of nitro groups is 1. The normalized spacial score (nSPS) is 11.2. The monoisotopic (exact) mass is 315 g/mol. The molecule has 0 amide bonds. The first-order valence-corrected chi connectivity index (χ1v) is 6.92. The van der Waals surface area contributed by atoms with E-state index in [9.17, 15) is 14.9 Å². The SMILES string of the molecule is CC(C)(CCCCOc1cc(Cl)ccc1[N+](=O)[O-])C(=O)O. The van der Waals surface area contributed by atoms with Crippen molar-refractivity contribution in [2.45, 2.75) is 33.1 Å². The highest BCUT2D eigenvalue weighted by Gasteiger charge is 2.26. The number of hydrogen-bond acceptors (Lipinski definition) is 4. The Morgan fingerprint density at radius 2 is 2.10 bits per heavy atom. The number of ether oxygens (including phenoxy) is 1. The summed E-state index contributed by atoms with van der Waals surface area (Å²) in [6, 6.07) is 4.13. The minimum atomic E-state index is -0.839. The molecule has 0 heterocycles. The van der Waals surface area contributed by atoms with Gasteiger partial charge in [0.05, 0.1) is 16.9 Å². The van der Waals surface area contributed by atoms with E-state index in [-0.39, 0.29) is 18.0 Å². The molecule has 0 unspecified atom stereocenters. The van der Waals surface area contributed by atoms with Gasteiger partial charge < -0.3 is 9.84 Å². The Morgan fingerprint density at radius 1 is 1.43 bits per heavy atom. The third-order valence-corrected chi connectivity index (χ3v) is 3.39. The second-order valence-electron chi connectivity index (χ2n) is 5.36. The number of nitro benzene ring substituents is 1. The van der Waals surface area contributed by atoms with E-state index >= 15 is 0 Å². The molecular weight excluding hydrogens is 298 g/mol. The Bertz CT molecular complexity index is 530. The summed E-state index contributed by atoms with van der Waals surface area (Å²) < 4.78 is 5.38. The fourth-order valence-electron chi connectivity index (χ4n) is 1.71. The van der Waals surface area contributed by atoms with Gasteiger partial charge in [-0.05, 0) is 39.2 Å². The van der Waals surface area contributed by atoms with Crippen LogP contribution in [-0.2, 0) is 4.79 Å². The van der Waals surface area contributed by atoms with E-state index in [2.05, 4.69) is 0 Å². The van der Waals surface area contributed by atoms with E-state index < -0.39 is 16.3 Å². The predicted molar refractivity (Wildman–Crippen MR) is 78.9 cm³/mol. The molecule has 116 valence electrons. The average Bonchev–Trinajstić information content (AvgIpc) is 2.37. The van der Waals surface area contributed by atoms with Gasteiger partial charge in [-0.15, -0.1) is 0 Å². The van der Waals surface area contributed by atoms with Crippen LogP contribution in [0.3, 0.4) is 0 Å². The number of halogens is 1. The van der Waals surface area contributed by atoms with Crippen LogP contribution in [0.4, 0.5) is 5.69 Å². The summed E-state index contributed by atoms with van der Waals surface area (Å²) in [5.74, 6) is -0.709. The zero-order chi connectivity index (χ0) is 16.0. The highest BCUT2D eigenvalue weighted by molar-refractivity contribution is 6.30. The summed E-state index contributed by atoms with van der Waals surface area (Å²) in [4.78, 5) is 21.3. The van der Waals surface area contributed by atoms with Crippen LogP contribution in [0.2, 0.25) is 5.02 Å². The van der Waals surface area contributed by atoms with Crippen molar-refractivity contribution in [2.75, 3.05) is 6.61 Å². The zero-order valence-corrected chi connectivity index (χ0v) is 12.7. The zero-order valence-electron chi connectivity index (χ0n) is 12.0. The summed E-state index contributed by atoms with van der Waals surface area (Å²) in [6.07, 6.45) is 1.79. The third kappa shape index (κ3) is 5.23. The van der Waals surface area contributed by atoms with E-state index in [1.165, 1.54) is 18.2 Å². The first kappa shape index (κ1) is 17.2. The summed E-state index contributed by atoms with van der Waals surface area (Å²) in [5.41, 5.74) is -0.910. The molecule has 1 N–H and O–H groups in total. The molecule has 21 heavy (non-hydrogen) atoms. The molecule has 0 atom stereocenters. The molecule has 1 aromatic rings. The highest BCUT2D eigenvalue weighted by Crippen LogP contribution is 2.30. The molecule has 0 bridgehead atoms. The Kier molecular flexibility index (Phi) is 5.96. The molecule has 6 nitrogen and oxygen atoms in total. The lowest BCUT2D eigenvalue weighted by atomic mass is 9.87. The van der Waals surface area contributed by atoms with Crippen LogP contribution in [0.1, 0.15) is 33.1 Å². The Balaban J connectivity index is 2.48. The van der Waals surface area contributed by atoms with Gasteiger partial charge in [-0.1, -0.05) is 11.6 Å². The fraction of sp³-hybridized carbons (Fsp3) is 0.500. The van der Waals surface area contributed by atoms with Gasteiger partial charge in [0.15, 0.2) is 5.75 Å². The number of rotatable bonds is 8. The molecule has 0 saturated carbocycles. The first-order chi connectivity index (χ1) is 9.74. The molecule has 0 spiro atoms. The van der Waals surface area contributed by atoms with E-state index in [1.807, 2.05) is 0 Å². The van der Waals surface area contributed by atoms with E-state index in [0.717, 1.165) is 0 Å². The van der Waals surface area contributed by atoms with Crippen LogP contribution in [0.5, 0.6) is 5.75 Å². The van der Waals surface area contributed by atoms with Crippen molar-refractivity contribution in [1.29, 1.82) is 0 Å². The van der Waals surface area contributed by atoms with Crippen LogP contribution < -0.4 is 4.74 Å². The smallest absolute Gasteiger partial charge is 0.311 e. The van der Waals surface area contributed by atoms with Crippen LogP contribution >= 0.6 is 11.6 Å². The van der Waals surface area contributed by atoms with Crippen molar-refractivity contribution < 1.29 is 19.6 Å². The fourth-order valence-corrected chi connectivity index (χ4v) is 1.87. The largest absolute Gasteiger partial charge is 0.487 e. The van der Waals surface area contributed by atoms with Crippen molar-refractivity contribution >= 4 is 23.3 Å². The van der Waals surface area contributed by atoms with Gasteiger partial charge >= 0.3 is 11.7 Å². The van der Waals surface area contributed by atoms with Crippen LogP contribution in [-0.4, -0.2) is 22.6 Å². The quantitative estimate of drug-likeness (QED) is 0.446. The third-order valence-electron chi connectivity index (χ3n) is 3.15. The van der Waals surface area contributed by atoms with Crippen LogP contribution in [0, 0.1) is 15.5 Å². The number of carbonyl (C=O) groups is 1. The Morgan fingerprint density at radius 3 is 2.67 bits per heavy atom. The van der Waals surface area contributed by atoms with Gasteiger partial charge in [0.2, 0.25) is 0 Å². The van der Waals surface area contributed by atoms with Crippen LogP contribution in [0.15, 0.2) is 18.2 Å². The molecule has 0 saturated heterocycles. The van der Waals surface area contributed by atoms with Crippen molar-refractivity contribution in [3.05, 3.63) is 33.3 Å². The number of carboxylic acids is 1. The number of aliphatic carboxylic acids is 1. The Labute approximate surface area is 127 Å². The maximum absolute atomic E-state index is 10.9. The van der Waals surface area contributed by atoms with E-state index in [1.54, 1.807) is 13.8 Å². The van der Waals surface area contributed by atoms with Crippen molar-refractivity contribution in [2.24, 2.45) is 5.41 Å². The lowest BCUT2D eigenvalue weighted by Gasteiger charge is -2.18. The molecule has 0 aliphatic carbocycles. The lowest BCUT2D eigenvalue weighted by Crippen LogP contribution is -2.23. The summed E-state index contributed by atoms with van der Waals surface area (Å²) >= 11 is 5.79. The van der Waals surface area contributed by atoms with E-state index in [0.29, 0.717) is 24.3 Å². The van der Waals surface area contributed by atoms with Crippen LogP contribution in [0.25, 0.3) is 0 Å². The molecule has 0 radical (unpaired) electrons. The lowest BCUT2D eigenvalue weighted by molar-refractivity contribution is -0.385. The number of benzene rings is 1. The van der Waals surface area contributed by atoms with Gasteiger partial charge in [-0.2, -0.15) is 0 Å². The summed E-state index contributed by atoms with van der Waals surface area (Å²) in [7, 11) is 0. The van der Waals surface area contributed by atoms with Crippen molar-refractivity contribution in [3.8, 4) is 5.75 Å². The van der Waals surface area contributed by atoms with Crippen molar-refractivity contribution in [1.82, 2.24) is 0 Å². The maximum Gasteiger partial charge on any atom is 0.311 e. The summed E-state index contributed by atoms with van der Waals surface area (Å²) in [6.45, 7) is 3.60. The van der Waals surface area contributed by atoms with Gasteiger partial charge in [-0.25, -0.2) is 0 Å². The minimum absolute atomic E-state index is 0.130. The second kappa shape index (κ2) is 7.26. The highest BCUT2D eigenvalue weighted by atomic mass is 35.5. The number of unbranched alkanes of at least 4 members (excludes halogenated alkanes) is 1. The number of carboxylic acid groups (broad SMARTS) is 1. The molecule has 0 aliphatic rings. The average molecular weight is 316 g/mol. The number of hydrogen-bond donors (Lipinski definition) is 1. The first-order valence-electron chi connectivity index (χ1n) is 6.54.